The van der Waals surface area contributed by atoms with E-state index in [9.17, 15) is 0 Å². The second kappa shape index (κ2) is 13.0. The molecule has 6 aromatic rings. The Balaban J connectivity index is 0.000000169. The van der Waals surface area contributed by atoms with E-state index in [0.717, 1.165) is 34.4 Å². The molecule has 208 valence electrons. The smallest absolute Gasteiger partial charge is 0.127 e. The molecule has 6 heteroatoms. The summed E-state index contributed by atoms with van der Waals surface area (Å²) < 4.78 is 11.5. The summed E-state index contributed by atoms with van der Waals surface area (Å²) in [6.45, 7) is 0. The molecule has 6 nitrogen and oxygen atoms in total. The van der Waals surface area contributed by atoms with Crippen molar-refractivity contribution in [3.8, 4) is 45.3 Å². The van der Waals surface area contributed by atoms with Gasteiger partial charge in [-0.1, -0.05) is 48.5 Å². The molecule has 0 atom stereocenters. The first-order chi connectivity index (χ1) is 20.4. The summed E-state index contributed by atoms with van der Waals surface area (Å²) in [5, 5.41) is 0. The Bertz CT molecular complexity index is 1570. The van der Waals surface area contributed by atoms with E-state index in [1.165, 1.54) is 22.3 Å². The summed E-state index contributed by atoms with van der Waals surface area (Å²) in [6.07, 6.45) is 0. The van der Waals surface area contributed by atoms with Gasteiger partial charge in [0.05, 0.1) is 0 Å². The van der Waals surface area contributed by atoms with Gasteiger partial charge in [-0.05, 0) is 119 Å². The van der Waals surface area contributed by atoms with Crippen LogP contribution in [0.1, 0.15) is 0 Å². The van der Waals surface area contributed by atoms with Gasteiger partial charge in [-0.15, -0.1) is 0 Å². The molecule has 0 spiro atoms. The van der Waals surface area contributed by atoms with Crippen molar-refractivity contribution >= 4 is 22.7 Å². The Kier molecular flexibility index (Phi) is 8.56. The summed E-state index contributed by atoms with van der Waals surface area (Å²) in [4.78, 5) is 0. The highest BCUT2D eigenvalue weighted by atomic mass is 16.5. The predicted octanol–water partition coefficient (Wildman–Crippen LogP) is 8.62. The topological polar surface area (TPSA) is 123 Å². The Morgan fingerprint density at radius 1 is 0.238 bits per heavy atom. The molecule has 0 saturated carbocycles. The number of hydrogen-bond acceptors (Lipinski definition) is 6. The van der Waals surface area contributed by atoms with Crippen LogP contribution in [-0.4, -0.2) is 0 Å². The van der Waals surface area contributed by atoms with Crippen LogP contribution in [0, 0.1) is 0 Å². The van der Waals surface area contributed by atoms with Crippen LogP contribution < -0.4 is 32.4 Å². The first-order valence-electron chi connectivity index (χ1n) is 13.4. The zero-order chi connectivity index (χ0) is 29.3. The van der Waals surface area contributed by atoms with E-state index >= 15 is 0 Å². The highest BCUT2D eigenvalue weighted by molar-refractivity contribution is 5.72. The molecule has 0 aliphatic heterocycles. The lowest BCUT2D eigenvalue weighted by atomic mass is 10.00. The van der Waals surface area contributed by atoms with E-state index in [1.807, 2.05) is 97.1 Å². The molecule has 0 bridgehead atoms. The van der Waals surface area contributed by atoms with Crippen molar-refractivity contribution in [3.05, 3.63) is 146 Å². The SMILES string of the molecule is Nc1ccc(-c2ccc(-c3ccc(N)cc3)cc2)cc1.Nc1ccc(Oc2ccc(Oc3ccc(N)cc3)cc2)cc1. The fourth-order valence-corrected chi connectivity index (χ4v) is 4.13. The molecule has 0 aliphatic rings. The quantitative estimate of drug-likeness (QED) is 0.153. The van der Waals surface area contributed by atoms with Crippen molar-refractivity contribution in [3.63, 3.8) is 0 Å². The molecule has 8 N–H and O–H groups in total. The number of benzene rings is 6. The van der Waals surface area contributed by atoms with E-state index < -0.39 is 0 Å². The molecule has 0 heterocycles. The van der Waals surface area contributed by atoms with Crippen molar-refractivity contribution in [2.75, 3.05) is 22.9 Å². The van der Waals surface area contributed by atoms with Crippen LogP contribution in [0.2, 0.25) is 0 Å². The van der Waals surface area contributed by atoms with Gasteiger partial charge in [0.2, 0.25) is 0 Å². The van der Waals surface area contributed by atoms with E-state index in [4.69, 9.17) is 32.4 Å². The van der Waals surface area contributed by atoms with Gasteiger partial charge in [-0.2, -0.15) is 0 Å². The maximum absolute atomic E-state index is 5.73. The molecule has 0 saturated heterocycles. The van der Waals surface area contributed by atoms with Gasteiger partial charge < -0.3 is 32.4 Å². The number of ether oxygens (including phenoxy) is 2. The molecule has 0 unspecified atom stereocenters. The first kappa shape index (κ1) is 27.7. The van der Waals surface area contributed by atoms with Crippen molar-refractivity contribution < 1.29 is 9.47 Å². The summed E-state index contributed by atoms with van der Waals surface area (Å²) >= 11 is 0. The van der Waals surface area contributed by atoms with Gasteiger partial charge in [0.15, 0.2) is 0 Å². The number of rotatable bonds is 6. The Hall–Kier alpha value is -5.88. The lowest BCUT2D eigenvalue weighted by molar-refractivity contribution is 0.469. The highest BCUT2D eigenvalue weighted by Crippen LogP contribution is 2.28. The summed E-state index contributed by atoms with van der Waals surface area (Å²) in [5.74, 6) is 2.94. The number of nitrogens with two attached hydrogens (primary N) is 4. The molecule has 0 radical (unpaired) electrons. The fraction of sp³-hybridized carbons (Fsp3) is 0. The molecule has 0 aliphatic carbocycles. The van der Waals surface area contributed by atoms with Crippen LogP contribution in [0.4, 0.5) is 22.7 Å². The second-order valence-electron chi connectivity index (χ2n) is 9.63. The van der Waals surface area contributed by atoms with Crippen LogP contribution in [0.3, 0.4) is 0 Å². The minimum absolute atomic E-state index is 0.708. The summed E-state index contributed by atoms with van der Waals surface area (Å²) in [7, 11) is 0. The summed E-state index contributed by atoms with van der Waals surface area (Å²) in [5.41, 5.74) is 30.4. The average Bonchev–Trinajstić information content (AvgIpc) is 3.02. The molecule has 0 aromatic heterocycles. The van der Waals surface area contributed by atoms with Gasteiger partial charge in [0, 0.05) is 22.7 Å². The van der Waals surface area contributed by atoms with Crippen LogP contribution >= 0.6 is 0 Å². The van der Waals surface area contributed by atoms with Gasteiger partial charge in [-0.3, -0.25) is 0 Å². The van der Waals surface area contributed by atoms with Crippen LogP contribution in [0.15, 0.2) is 146 Å². The normalized spacial score (nSPS) is 10.3. The summed E-state index contributed by atoms with van der Waals surface area (Å²) in [6, 6.07) is 46.2. The van der Waals surface area contributed by atoms with Gasteiger partial charge >= 0.3 is 0 Å². The number of nitrogen functional groups attached to an aromatic ring is 4. The zero-order valence-corrected chi connectivity index (χ0v) is 23.0. The largest absolute Gasteiger partial charge is 0.457 e. The van der Waals surface area contributed by atoms with Crippen LogP contribution in [0.25, 0.3) is 22.3 Å². The zero-order valence-electron chi connectivity index (χ0n) is 23.0. The number of anilines is 4. The fourth-order valence-electron chi connectivity index (χ4n) is 4.13. The molecule has 6 rings (SSSR count). The average molecular weight is 553 g/mol. The molecule has 6 aromatic carbocycles. The lowest BCUT2D eigenvalue weighted by Gasteiger charge is -2.08. The maximum Gasteiger partial charge on any atom is 0.127 e. The minimum Gasteiger partial charge on any atom is -0.457 e. The van der Waals surface area contributed by atoms with Crippen LogP contribution in [-0.2, 0) is 0 Å². The lowest BCUT2D eigenvalue weighted by Crippen LogP contribution is -1.88. The monoisotopic (exact) mass is 552 g/mol. The Labute approximate surface area is 245 Å². The first-order valence-corrected chi connectivity index (χ1v) is 13.4. The molecule has 0 amide bonds. The van der Waals surface area contributed by atoms with E-state index in [2.05, 4.69) is 24.3 Å². The van der Waals surface area contributed by atoms with E-state index in [1.54, 1.807) is 24.3 Å². The van der Waals surface area contributed by atoms with Gasteiger partial charge in [0.1, 0.15) is 23.0 Å². The van der Waals surface area contributed by atoms with E-state index in [0.29, 0.717) is 11.4 Å². The Morgan fingerprint density at radius 2 is 0.405 bits per heavy atom. The van der Waals surface area contributed by atoms with Crippen molar-refractivity contribution in [1.29, 1.82) is 0 Å². The Morgan fingerprint density at radius 3 is 0.643 bits per heavy atom. The maximum atomic E-state index is 5.73. The van der Waals surface area contributed by atoms with Gasteiger partial charge in [0.25, 0.3) is 0 Å². The van der Waals surface area contributed by atoms with E-state index in [-0.39, 0.29) is 0 Å². The molecular formula is C36H32N4O2. The molecular weight excluding hydrogens is 520 g/mol. The predicted molar refractivity (Wildman–Crippen MR) is 174 cm³/mol. The van der Waals surface area contributed by atoms with Crippen molar-refractivity contribution in [1.82, 2.24) is 0 Å². The van der Waals surface area contributed by atoms with Crippen LogP contribution in [0.5, 0.6) is 23.0 Å². The number of hydrogen-bond donors (Lipinski definition) is 4. The highest BCUT2D eigenvalue weighted by Gasteiger charge is 2.02. The van der Waals surface area contributed by atoms with Crippen molar-refractivity contribution in [2.24, 2.45) is 0 Å². The standard InChI is InChI=1S/C18H16N2O2.C18H16N2/c19-13-1-5-15(6-2-13)21-17-9-11-18(12-10-17)22-16-7-3-14(20)4-8-16;19-17-9-5-15(6-10-17)13-1-2-14(4-3-13)16-7-11-18(20)12-8-16/h1-12H,19-20H2;1-12H,19-20H2. The third kappa shape index (κ3) is 7.61. The minimum atomic E-state index is 0.708. The molecule has 42 heavy (non-hydrogen) atoms. The third-order valence-corrected chi connectivity index (χ3v) is 6.43. The second-order valence-corrected chi connectivity index (χ2v) is 9.63. The van der Waals surface area contributed by atoms with Crippen molar-refractivity contribution in [2.45, 2.75) is 0 Å². The third-order valence-electron chi connectivity index (χ3n) is 6.43. The molecule has 0 fully saturated rings. The van der Waals surface area contributed by atoms with Gasteiger partial charge in [-0.25, -0.2) is 0 Å².